The molecule has 1 aliphatic heterocycles. The van der Waals surface area contributed by atoms with Crippen LogP contribution in [0.25, 0.3) is 0 Å². The van der Waals surface area contributed by atoms with Crippen LogP contribution in [0, 0.1) is 0 Å². The van der Waals surface area contributed by atoms with Crippen LogP contribution in [-0.4, -0.2) is 34.9 Å². The molecule has 0 spiro atoms. The fourth-order valence-electron chi connectivity index (χ4n) is 3.80. The maximum atomic E-state index is 12.2. The third-order valence-electron chi connectivity index (χ3n) is 5.58. The first-order valence-electron chi connectivity index (χ1n) is 9.32. The van der Waals surface area contributed by atoms with Crippen molar-refractivity contribution in [3.05, 3.63) is 65.0 Å². The molecule has 0 radical (unpaired) electrons. The van der Waals surface area contributed by atoms with E-state index in [1.807, 2.05) is 0 Å². The van der Waals surface area contributed by atoms with Crippen LogP contribution >= 0.6 is 0 Å². The Bertz CT molecular complexity index is 740. The summed E-state index contributed by atoms with van der Waals surface area (Å²) < 4.78 is 0. The number of benzene rings is 1. The first-order valence-corrected chi connectivity index (χ1v) is 9.32. The molecule has 1 aromatic carbocycles. The molecule has 4 nitrogen and oxygen atoms in total. The second-order valence-corrected chi connectivity index (χ2v) is 7.15. The lowest BCUT2D eigenvalue weighted by atomic mass is 9.91. The zero-order valence-corrected chi connectivity index (χ0v) is 14.6. The predicted molar refractivity (Wildman–Crippen MR) is 98.5 cm³/mol. The highest BCUT2D eigenvalue weighted by Gasteiger charge is 2.26. The Morgan fingerprint density at radius 2 is 2.00 bits per heavy atom. The zero-order valence-electron chi connectivity index (χ0n) is 14.6. The molecular weight excluding hydrogens is 310 g/mol. The van der Waals surface area contributed by atoms with Gasteiger partial charge in [-0.2, -0.15) is 0 Å². The Hall–Kier alpha value is -2.20. The van der Waals surface area contributed by atoms with E-state index >= 15 is 0 Å². The average molecular weight is 335 g/mol. The molecule has 1 N–H and O–H groups in total. The number of nitrogens with one attached hydrogen (secondary N) is 1. The topological polar surface area (TPSA) is 45.2 Å². The number of carbonyl (C=O) groups excluding carboxylic acids is 1. The Morgan fingerprint density at radius 1 is 1.16 bits per heavy atom. The number of carbonyl (C=O) groups is 1. The molecule has 2 aliphatic rings. The van der Waals surface area contributed by atoms with Gasteiger partial charge in [-0.05, 0) is 54.5 Å². The van der Waals surface area contributed by atoms with Gasteiger partial charge >= 0.3 is 0 Å². The Labute approximate surface area is 149 Å². The van der Waals surface area contributed by atoms with E-state index < -0.39 is 0 Å². The van der Waals surface area contributed by atoms with Crippen molar-refractivity contribution < 1.29 is 4.79 Å². The van der Waals surface area contributed by atoms with E-state index in [0.29, 0.717) is 12.1 Å². The third kappa shape index (κ3) is 3.74. The molecule has 130 valence electrons. The van der Waals surface area contributed by atoms with E-state index in [4.69, 9.17) is 0 Å². The molecule has 0 atom stereocenters. The summed E-state index contributed by atoms with van der Waals surface area (Å²) in [7, 11) is 0. The fraction of sp³-hybridized carbons (Fsp3) is 0.429. The summed E-state index contributed by atoms with van der Waals surface area (Å²) >= 11 is 0. The molecule has 1 amide bonds. The van der Waals surface area contributed by atoms with Gasteiger partial charge in [-0.15, -0.1) is 0 Å². The highest BCUT2D eigenvalue weighted by atomic mass is 16.1. The molecular formula is C21H25N3O. The first-order chi connectivity index (χ1) is 12.3. The van der Waals surface area contributed by atoms with Gasteiger partial charge in [0.25, 0.3) is 5.91 Å². The number of rotatable bonds is 4. The number of aromatic nitrogens is 1. The van der Waals surface area contributed by atoms with Crippen molar-refractivity contribution in [1.82, 2.24) is 15.2 Å². The van der Waals surface area contributed by atoms with Crippen molar-refractivity contribution in [1.29, 1.82) is 0 Å². The highest BCUT2D eigenvalue weighted by Crippen LogP contribution is 2.27. The van der Waals surface area contributed by atoms with E-state index in [0.717, 1.165) is 18.9 Å². The monoisotopic (exact) mass is 335 g/mol. The van der Waals surface area contributed by atoms with Crippen molar-refractivity contribution in [2.75, 3.05) is 13.1 Å². The van der Waals surface area contributed by atoms with Crippen molar-refractivity contribution in [3.8, 4) is 0 Å². The van der Waals surface area contributed by atoms with Crippen molar-refractivity contribution >= 4 is 5.91 Å². The van der Waals surface area contributed by atoms with Crippen LogP contribution in [-0.2, 0) is 19.4 Å². The van der Waals surface area contributed by atoms with Crippen molar-refractivity contribution in [2.24, 2.45) is 0 Å². The van der Waals surface area contributed by atoms with Crippen LogP contribution in [0.5, 0.6) is 0 Å². The molecule has 2 heterocycles. The van der Waals surface area contributed by atoms with E-state index in [2.05, 4.69) is 33.4 Å². The van der Waals surface area contributed by atoms with Gasteiger partial charge in [0.1, 0.15) is 0 Å². The zero-order chi connectivity index (χ0) is 17.1. The quantitative estimate of drug-likeness (QED) is 0.934. The van der Waals surface area contributed by atoms with Crippen LogP contribution in [0.1, 0.15) is 46.3 Å². The summed E-state index contributed by atoms with van der Waals surface area (Å²) in [6.07, 6.45) is 9.70. The minimum absolute atomic E-state index is 0.0702. The average Bonchev–Trinajstić information content (AvgIpc) is 2.81. The third-order valence-corrected chi connectivity index (χ3v) is 5.58. The molecule has 4 rings (SSSR count). The number of fused-ring (bicyclic) bond motifs is 1. The van der Waals surface area contributed by atoms with Crippen molar-refractivity contribution in [3.63, 3.8) is 0 Å². The SMILES string of the molecule is O=C(NCc1ccc2c(c1)CCN(C1CCC1)CC2)c1cccnc1. The van der Waals surface area contributed by atoms with Crippen LogP contribution in [0.2, 0.25) is 0 Å². The molecule has 0 unspecified atom stereocenters. The van der Waals surface area contributed by atoms with Gasteiger partial charge in [-0.1, -0.05) is 24.6 Å². The Balaban J connectivity index is 1.38. The molecule has 25 heavy (non-hydrogen) atoms. The standard InChI is InChI=1S/C21H25N3O/c25-21(19-3-2-10-22-15-19)23-14-16-6-7-17-8-11-24(20-4-1-5-20)12-9-18(17)13-16/h2-3,6-7,10,13,15,20H,1,4-5,8-9,11-12,14H2,(H,23,25). The van der Waals surface area contributed by atoms with Gasteiger partial charge in [-0.25, -0.2) is 0 Å². The number of hydrogen-bond acceptors (Lipinski definition) is 3. The highest BCUT2D eigenvalue weighted by molar-refractivity contribution is 5.93. The second-order valence-electron chi connectivity index (χ2n) is 7.15. The maximum absolute atomic E-state index is 12.2. The van der Waals surface area contributed by atoms with Crippen LogP contribution in [0.4, 0.5) is 0 Å². The maximum Gasteiger partial charge on any atom is 0.253 e. The van der Waals surface area contributed by atoms with E-state index in [-0.39, 0.29) is 5.91 Å². The molecule has 1 aromatic heterocycles. The van der Waals surface area contributed by atoms with E-state index in [1.54, 1.807) is 24.5 Å². The second kappa shape index (κ2) is 7.36. The minimum Gasteiger partial charge on any atom is -0.348 e. The summed E-state index contributed by atoms with van der Waals surface area (Å²) in [5, 5.41) is 2.99. The van der Waals surface area contributed by atoms with Gasteiger partial charge in [-0.3, -0.25) is 14.7 Å². The van der Waals surface area contributed by atoms with Crippen LogP contribution < -0.4 is 5.32 Å². The summed E-state index contributed by atoms with van der Waals surface area (Å²) in [6, 6.07) is 11.1. The number of pyridine rings is 1. The first kappa shape index (κ1) is 16.3. The van der Waals surface area contributed by atoms with Crippen LogP contribution in [0.15, 0.2) is 42.7 Å². The number of nitrogens with zero attached hydrogens (tertiary/aromatic N) is 2. The van der Waals surface area contributed by atoms with Gasteiger partial charge in [0, 0.05) is 38.1 Å². The van der Waals surface area contributed by atoms with E-state index in [1.165, 1.54) is 49.0 Å². The Kier molecular flexibility index (Phi) is 4.79. The molecule has 2 aromatic rings. The molecule has 0 saturated heterocycles. The van der Waals surface area contributed by atoms with Crippen molar-refractivity contribution in [2.45, 2.75) is 44.7 Å². The molecule has 1 fully saturated rings. The summed E-state index contributed by atoms with van der Waals surface area (Å²) in [4.78, 5) is 18.8. The van der Waals surface area contributed by atoms with Gasteiger partial charge < -0.3 is 5.32 Å². The van der Waals surface area contributed by atoms with Gasteiger partial charge in [0.2, 0.25) is 0 Å². The number of amides is 1. The summed E-state index contributed by atoms with van der Waals surface area (Å²) in [6.45, 7) is 2.92. The summed E-state index contributed by atoms with van der Waals surface area (Å²) in [5.41, 5.74) is 4.71. The lowest BCUT2D eigenvalue weighted by molar-refractivity contribution is 0.0950. The van der Waals surface area contributed by atoms with E-state index in [9.17, 15) is 4.79 Å². The molecule has 4 heteroatoms. The largest absolute Gasteiger partial charge is 0.348 e. The molecule has 1 saturated carbocycles. The normalized spacial score (nSPS) is 18.1. The predicted octanol–water partition coefficient (Wildman–Crippen LogP) is 2.96. The van der Waals surface area contributed by atoms with Gasteiger partial charge in [0.15, 0.2) is 0 Å². The minimum atomic E-state index is -0.0702. The van der Waals surface area contributed by atoms with Crippen LogP contribution in [0.3, 0.4) is 0 Å². The molecule has 0 bridgehead atoms. The smallest absolute Gasteiger partial charge is 0.253 e. The fourth-order valence-corrected chi connectivity index (χ4v) is 3.80. The van der Waals surface area contributed by atoms with Gasteiger partial charge in [0.05, 0.1) is 5.56 Å². The number of hydrogen-bond donors (Lipinski definition) is 1. The summed E-state index contributed by atoms with van der Waals surface area (Å²) in [5.74, 6) is -0.0702. The lowest BCUT2D eigenvalue weighted by Gasteiger charge is -2.36. The molecule has 1 aliphatic carbocycles. The lowest BCUT2D eigenvalue weighted by Crippen LogP contribution is -2.41. The Morgan fingerprint density at radius 3 is 2.72 bits per heavy atom.